The summed E-state index contributed by atoms with van der Waals surface area (Å²) in [5.74, 6) is -0.786. The Morgan fingerprint density at radius 1 is 1.70 bits per heavy atom. The summed E-state index contributed by atoms with van der Waals surface area (Å²) in [6.45, 7) is 3.19. The lowest BCUT2D eigenvalue weighted by atomic mass is 10.1. The third-order valence-corrected chi connectivity index (χ3v) is 0.942. The van der Waals surface area contributed by atoms with E-state index in [1.165, 1.54) is 0 Å². The van der Waals surface area contributed by atoms with E-state index in [0.29, 0.717) is 6.26 Å². The molecule has 0 saturated heterocycles. The molecule has 1 unspecified atom stereocenters. The first-order chi connectivity index (χ1) is 4.59. The van der Waals surface area contributed by atoms with E-state index in [2.05, 4.69) is 6.58 Å². The molecule has 56 valence electrons. The normalized spacial score (nSPS) is 13.3. The fraction of sp³-hybridized carbons (Fsp3) is 0.167. The summed E-state index contributed by atoms with van der Waals surface area (Å²) in [7, 11) is 0. The van der Waals surface area contributed by atoms with Gasteiger partial charge in [-0.2, -0.15) is 0 Å². The monoisotopic (exact) mass is 143 g/mol. The minimum absolute atomic E-state index is 0.148. The maximum atomic E-state index is 10.3. The topological polar surface area (TPSA) is 83.6 Å². The molecule has 0 saturated carbocycles. The standard InChI is InChI=1S/C6H9NO3/c1-4(6(7)10)5(9)2-3-8/h2-3,5,8-9H,1H2,(H2,7,10). The van der Waals surface area contributed by atoms with Gasteiger partial charge in [0.2, 0.25) is 5.91 Å². The van der Waals surface area contributed by atoms with Crippen molar-refractivity contribution in [3.05, 3.63) is 24.5 Å². The van der Waals surface area contributed by atoms with E-state index in [0.717, 1.165) is 6.08 Å². The Hall–Kier alpha value is -1.29. The highest BCUT2D eigenvalue weighted by molar-refractivity contribution is 5.92. The molecule has 0 spiro atoms. The number of rotatable bonds is 3. The average molecular weight is 143 g/mol. The molecule has 0 aromatic carbocycles. The van der Waals surface area contributed by atoms with E-state index in [1.807, 2.05) is 0 Å². The van der Waals surface area contributed by atoms with Crippen LogP contribution in [0, 0.1) is 0 Å². The summed E-state index contributed by atoms with van der Waals surface area (Å²) < 4.78 is 0. The lowest BCUT2D eigenvalue weighted by Gasteiger charge is -2.02. The number of hydrogen-bond acceptors (Lipinski definition) is 3. The summed E-state index contributed by atoms with van der Waals surface area (Å²) in [5, 5.41) is 17.0. The Morgan fingerprint density at radius 2 is 2.20 bits per heavy atom. The molecule has 0 rings (SSSR count). The van der Waals surface area contributed by atoms with Gasteiger partial charge in [0.25, 0.3) is 0 Å². The molecule has 10 heavy (non-hydrogen) atoms. The number of carbonyl (C=O) groups excluding carboxylic acids is 1. The number of amides is 1. The Morgan fingerprint density at radius 3 is 2.50 bits per heavy atom. The molecule has 0 aromatic heterocycles. The van der Waals surface area contributed by atoms with Gasteiger partial charge in [-0.15, -0.1) is 0 Å². The van der Waals surface area contributed by atoms with Crippen LogP contribution in [-0.4, -0.2) is 22.2 Å². The lowest BCUT2D eigenvalue weighted by molar-refractivity contribution is -0.115. The third-order valence-electron chi connectivity index (χ3n) is 0.942. The van der Waals surface area contributed by atoms with Crippen LogP contribution in [0.2, 0.25) is 0 Å². The molecular formula is C6H9NO3. The van der Waals surface area contributed by atoms with Gasteiger partial charge in [-0.3, -0.25) is 4.79 Å². The van der Waals surface area contributed by atoms with Gasteiger partial charge in [-0.1, -0.05) is 6.58 Å². The predicted molar refractivity (Wildman–Crippen MR) is 36.1 cm³/mol. The summed E-state index contributed by atoms with van der Waals surface area (Å²) in [4.78, 5) is 10.3. The highest BCUT2D eigenvalue weighted by atomic mass is 16.3. The zero-order chi connectivity index (χ0) is 8.15. The zero-order valence-electron chi connectivity index (χ0n) is 5.32. The van der Waals surface area contributed by atoms with E-state index in [4.69, 9.17) is 15.9 Å². The second kappa shape index (κ2) is 3.68. The van der Waals surface area contributed by atoms with Gasteiger partial charge in [-0.05, 0) is 6.08 Å². The minimum atomic E-state index is -1.19. The Labute approximate surface area is 58.3 Å². The van der Waals surface area contributed by atoms with E-state index >= 15 is 0 Å². The van der Waals surface area contributed by atoms with Gasteiger partial charge < -0.3 is 15.9 Å². The third kappa shape index (κ3) is 2.32. The second-order valence-corrected chi connectivity index (χ2v) is 1.68. The van der Waals surface area contributed by atoms with Crippen LogP contribution in [0.1, 0.15) is 0 Å². The predicted octanol–water partition coefficient (Wildman–Crippen LogP) is -0.540. The van der Waals surface area contributed by atoms with E-state index in [-0.39, 0.29) is 5.57 Å². The highest BCUT2D eigenvalue weighted by Crippen LogP contribution is 1.98. The Bertz CT molecular complexity index is 174. The molecule has 0 fully saturated rings. The van der Waals surface area contributed by atoms with Gasteiger partial charge in [0.15, 0.2) is 0 Å². The molecular weight excluding hydrogens is 134 g/mol. The first-order valence-corrected chi connectivity index (χ1v) is 2.57. The fourth-order valence-corrected chi connectivity index (χ4v) is 0.343. The van der Waals surface area contributed by atoms with Gasteiger partial charge in [0.05, 0.1) is 6.26 Å². The van der Waals surface area contributed by atoms with Crippen molar-refractivity contribution in [1.82, 2.24) is 0 Å². The molecule has 4 heteroatoms. The van der Waals surface area contributed by atoms with Crippen molar-refractivity contribution in [3.8, 4) is 0 Å². The van der Waals surface area contributed by atoms with Crippen molar-refractivity contribution in [3.63, 3.8) is 0 Å². The molecule has 0 aliphatic rings. The second-order valence-electron chi connectivity index (χ2n) is 1.68. The van der Waals surface area contributed by atoms with E-state index < -0.39 is 12.0 Å². The lowest BCUT2D eigenvalue weighted by Crippen LogP contribution is -2.21. The van der Waals surface area contributed by atoms with Crippen LogP contribution in [0.4, 0.5) is 0 Å². The molecule has 0 aliphatic heterocycles. The van der Waals surface area contributed by atoms with Crippen LogP contribution in [-0.2, 0) is 4.79 Å². The summed E-state index contributed by atoms with van der Waals surface area (Å²) >= 11 is 0. The van der Waals surface area contributed by atoms with Gasteiger partial charge in [-0.25, -0.2) is 0 Å². The molecule has 0 aromatic rings. The number of carbonyl (C=O) groups is 1. The minimum Gasteiger partial charge on any atom is -0.516 e. The van der Waals surface area contributed by atoms with Crippen molar-refractivity contribution < 1.29 is 15.0 Å². The van der Waals surface area contributed by atoms with Crippen LogP contribution < -0.4 is 5.73 Å². The molecule has 0 aliphatic carbocycles. The van der Waals surface area contributed by atoms with Crippen molar-refractivity contribution in [2.45, 2.75) is 6.10 Å². The molecule has 4 nitrogen and oxygen atoms in total. The number of hydrogen-bond donors (Lipinski definition) is 3. The SMILES string of the molecule is C=C(C(N)=O)C(O)C=CO. The summed E-state index contributed by atoms with van der Waals surface area (Å²) in [6, 6.07) is 0. The van der Waals surface area contributed by atoms with Crippen molar-refractivity contribution >= 4 is 5.91 Å². The van der Waals surface area contributed by atoms with Crippen LogP contribution in [0.5, 0.6) is 0 Å². The van der Waals surface area contributed by atoms with Gasteiger partial charge in [0.1, 0.15) is 6.10 Å². The Balaban J connectivity index is 4.08. The molecule has 1 atom stereocenters. The maximum Gasteiger partial charge on any atom is 0.246 e. The number of primary amides is 1. The number of aliphatic hydroxyl groups excluding tert-OH is 2. The average Bonchev–Trinajstić information content (AvgIpc) is 1.87. The fourth-order valence-electron chi connectivity index (χ4n) is 0.343. The number of nitrogens with two attached hydrogens (primary N) is 1. The molecule has 0 bridgehead atoms. The zero-order valence-corrected chi connectivity index (χ0v) is 5.32. The summed E-state index contributed by atoms with van der Waals surface area (Å²) in [6.07, 6.45) is 0.425. The largest absolute Gasteiger partial charge is 0.516 e. The van der Waals surface area contributed by atoms with Gasteiger partial charge in [0, 0.05) is 5.57 Å². The Kier molecular flexibility index (Phi) is 3.21. The van der Waals surface area contributed by atoms with Gasteiger partial charge >= 0.3 is 0 Å². The quantitative estimate of drug-likeness (QED) is 0.366. The van der Waals surface area contributed by atoms with Crippen LogP contribution in [0.25, 0.3) is 0 Å². The van der Waals surface area contributed by atoms with E-state index in [9.17, 15) is 4.79 Å². The van der Waals surface area contributed by atoms with Crippen molar-refractivity contribution in [1.29, 1.82) is 0 Å². The highest BCUT2D eigenvalue weighted by Gasteiger charge is 2.09. The van der Waals surface area contributed by atoms with Crippen LogP contribution in [0.3, 0.4) is 0 Å². The molecule has 4 N–H and O–H groups in total. The number of aliphatic hydroxyl groups is 2. The molecule has 1 amide bonds. The van der Waals surface area contributed by atoms with E-state index in [1.54, 1.807) is 0 Å². The first-order valence-electron chi connectivity index (χ1n) is 2.57. The van der Waals surface area contributed by atoms with Crippen LogP contribution >= 0.6 is 0 Å². The van der Waals surface area contributed by atoms with Crippen molar-refractivity contribution in [2.24, 2.45) is 5.73 Å². The molecule has 0 heterocycles. The first kappa shape index (κ1) is 8.71. The smallest absolute Gasteiger partial charge is 0.246 e. The maximum absolute atomic E-state index is 10.3. The van der Waals surface area contributed by atoms with Crippen LogP contribution in [0.15, 0.2) is 24.5 Å². The van der Waals surface area contributed by atoms with Crippen molar-refractivity contribution in [2.75, 3.05) is 0 Å². The molecule has 0 radical (unpaired) electrons. The summed E-state index contributed by atoms with van der Waals surface area (Å²) in [5.41, 5.74) is 4.61.